The van der Waals surface area contributed by atoms with E-state index in [2.05, 4.69) is 67.6 Å². The van der Waals surface area contributed by atoms with E-state index in [9.17, 15) is 0 Å². The van der Waals surface area contributed by atoms with Crippen LogP contribution in [0, 0.1) is 0 Å². The van der Waals surface area contributed by atoms with Crippen LogP contribution in [0.4, 0.5) is 0 Å². The van der Waals surface area contributed by atoms with Crippen LogP contribution in [0.5, 0.6) is 0 Å². The van der Waals surface area contributed by atoms with Crippen molar-refractivity contribution in [2.75, 3.05) is 6.16 Å². The Labute approximate surface area is 109 Å². The zero-order chi connectivity index (χ0) is 10.5. The predicted octanol–water partition coefficient (Wildman–Crippen LogP) is -0.125. The lowest BCUT2D eigenvalue weighted by molar-refractivity contribution is -0.00000294. The zero-order valence-corrected chi connectivity index (χ0v) is 11.9. The van der Waals surface area contributed by atoms with Gasteiger partial charge in [-0.25, -0.2) is 0 Å². The highest BCUT2D eigenvalue weighted by atomic mass is 79.9. The maximum atomic E-state index is 2.29. The summed E-state index contributed by atoms with van der Waals surface area (Å²) in [6, 6.07) is 21.7. The van der Waals surface area contributed by atoms with Crippen LogP contribution in [0.1, 0.15) is 6.92 Å². The molecule has 0 spiro atoms. The standard InChI is InChI=1S/C14H15P.BrH/c1-2-15(13-9-5-3-6-10-13)14-11-7-4-8-12-14;/h3-12H,2H2,1H3;1H. The molecule has 0 N–H and O–H groups in total. The molecule has 0 saturated carbocycles. The van der Waals surface area contributed by atoms with E-state index in [-0.39, 0.29) is 17.0 Å². The molecule has 16 heavy (non-hydrogen) atoms. The first kappa shape index (κ1) is 13.4. The third kappa shape index (κ3) is 3.17. The van der Waals surface area contributed by atoms with E-state index in [1.54, 1.807) is 0 Å². The van der Waals surface area contributed by atoms with Gasteiger partial charge in [0.2, 0.25) is 0 Å². The van der Waals surface area contributed by atoms with E-state index in [0.29, 0.717) is 0 Å². The zero-order valence-electron chi connectivity index (χ0n) is 9.36. The van der Waals surface area contributed by atoms with Gasteiger partial charge in [0.15, 0.2) is 0 Å². The van der Waals surface area contributed by atoms with Crippen LogP contribution in [0.3, 0.4) is 0 Å². The smallest absolute Gasteiger partial charge is 0.0966 e. The third-order valence-electron chi connectivity index (χ3n) is 2.60. The molecule has 0 atom stereocenters. The van der Waals surface area contributed by atoms with E-state index < -0.39 is 7.92 Å². The minimum atomic E-state index is -0.539. The number of benzene rings is 2. The molecule has 2 aromatic carbocycles. The maximum Gasteiger partial charge on any atom is 0.0966 e. The van der Waals surface area contributed by atoms with Gasteiger partial charge in [-0.2, -0.15) is 0 Å². The van der Waals surface area contributed by atoms with E-state index in [1.807, 2.05) is 0 Å². The van der Waals surface area contributed by atoms with Crippen molar-refractivity contribution >= 4 is 18.5 Å². The third-order valence-corrected chi connectivity index (χ3v) is 5.37. The summed E-state index contributed by atoms with van der Waals surface area (Å²) in [5.74, 6) is 0. The largest absolute Gasteiger partial charge is 1.00 e. The van der Waals surface area contributed by atoms with Crippen molar-refractivity contribution in [3.8, 4) is 0 Å². The molecule has 0 fully saturated rings. The molecule has 0 aromatic heterocycles. The normalized spacial score (nSPS) is 9.88. The van der Waals surface area contributed by atoms with Crippen molar-refractivity contribution in [1.82, 2.24) is 0 Å². The van der Waals surface area contributed by atoms with Crippen molar-refractivity contribution in [3.63, 3.8) is 0 Å². The first-order chi connectivity index (χ1) is 7.42. The lowest BCUT2D eigenvalue weighted by Crippen LogP contribution is -3.00. The highest BCUT2D eigenvalue weighted by molar-refractivity contribution is 7.72. The summed E-state index contributed by atoms with van der Waals surface area (Å²) in [7, 11) is -0.539. The lowest BCUT2D eigenvalue weighted by atomic mass is 10.4. The summed E-state index contributed by atoms with van der Waals surface area (Å²) in [6.07, 6.45) is 1.25. The van der Waals surface area contributed by atoms with Crippen molar-refractivity contribution < 1.29 is 17.0 Å². The van der Waals surface area contributed by atoms with E-state index in [1.165, 1.54) is 16.8 Å². The second-order valence-corrected chi connectivity index (χ2v) is 6.38. The van der Waals surface area contributed by atoms with Crippen molar-refractivity contribution in [3.05, 3.63) is 60.7 Å². The van der Waals surface area contributed by atoms with Gasteiger partial charge in [0, 0.05) is 0 Å². The van der Waals surface area contributed by atoms with Crippen LogP contribution in [0.15, 0.2) is 60.7 Å². The first-order valence-electron chi connectivity index (χ1n) is 5.38. The molecule has 0 aliphatic rings. The Morgan fingerprint density at radius 1 is 0.750 bits per heavy atom. The number of hydrogen-bond donors (Lipinski definition) is 0. The van der Waals surface area contributed by atoms with E-state index >= 15 is 0 Å². The highest BCUT2D eigenvalue weighted by Crippen LogP contribution is 2.32. The van der Waals surface area contributed by atoms with Gasteiger partial charge in [-0.15, -0.1) is 0 Å². The topological polar surface area (TPSA) is 0 Å². The molecule has 0 amide bonds. The van der Waals surface area contributed by atoms with Crippen LogP contribution in [-0.2, 0) is 0 Å². The average molecular weight is 295 g/mol. The Hall–Kier alpha value is -0.650. The molecule has 2 rings (SSSR count). The fraction of sp³-hybridized carbons (Fsp3) is 0.143. The number of rotatable bonds is 3. The van der Waals surface area contributed by atoms with Gasteiger partial charge in [0.05, 0.1) is 24.7 Å². The van der Waals surface area contributed by atoms with Gasteiger partial charge in [0.25, 0.3) is 0 Å². The Morgan fingerprint density at radius 2 is 1.12 bits per heavy atom. The highest BCUT2D eigenvalue weighted by Gasteiger charge is 2.18. The SMILES string of the molecule is CC[PH+](c1ccccc1)c1ccccc1.[Br-]. The Bertz CT molecular complexity index is 360. The molecular formula is C14H16BrP. The van der Waals surface area contributed by atoms with Crippen molar-refractivity contribution in [1.29, 1.82) is 0 Å². The molecular weight excluding hydrogens is 279 g/mol. The Kier molecular flexibility index (Phi) is 5.73. The van der Waals surface area contributed by atoms with Gasteiger partial charge in [-0.3, -0.25) is 0 Å². The molecule has 0 aliphatic carbocycles. The van der Waals surface area contributed by atoms with Gasteiger partial charge < -0.3 is 17.0 Å². The van der Waals surface area contributed by atoms with Crippen LogP contribution < -0.4 is 27.6 Å². The Balaban J connectivity index is 0.00000128. The van der Waals surface area contributed by atoms with Gasteiger partial charge in [0.1, 0.15) is 0 Å². The number of halogens is 1. The molecule has 0 unspecified atom stereocenters. The lowest BCUT2D eigenvalue weighted by Gasteiger charge is -2.07. The molecule has 0 heterocycles. The van der Waals surface area contributed by atoms with E-state index in [0.717, 1.165) is 0 Å². The first-order valence-corrected chi connectivity index (χ1v) is 7.09. The van der Waals surface area contributed by atoms with Gasteiger partial charge in [-0.1, -0.05) is 36.4 Å². The fourth-order valence-corrected chi connectivity index (χ4v) is 4.19. The monoisotopic (exact) mass is 294 g/mol. The van der Waals surface area contributed by atoms with Crippen LogP contribution in [0.2, 0.25) is 0 Å². The fourth-order valence-electron chi connectivity index (χ4n) is 1.85. The molecule has 0 radical (unpaired) electrons. The minimum Gasteiger partial charge on any atom is -1.00 e. The van der Waals surface area contributed by atoms with Crippen LogP contribution in [-0.4, -0.2) is 6.16 Å². The molecule has 2 aromatic rings. The molecule has 2 heteroatoms. The van der Waals surface area contributed by atoms with Crippen LogP contribution in [0.25, 0.3) is 0 Å². The quantitative estimate of drug-likeness (QED) is 0.693. The summed E-state index contributed by atoms with van der Waals surface area (Å²) in [4.78, 5) is 0. The van der Waals surface area contributed by atoms with E-state index in [4.69, 9.17) is 0 Å². The summed E-state index contributed by atoms with van der Waals surface area (Å²) >= 11 is 0. The van der Waals surface area contributed by atoms with Crippen LogP contribution >= 0.6 is 7.92 Å². The molecule has 0 nitrogen and oxygen atoms in total. The minimum absolute atomic E-state index is 0. The number of hydrogen-bond acceptors (Lipinski definition) is 0. The average Bonchev–Trinajstić information content (AvgIpc) is 2.33. The summed E-state index contributed by atoms with van der Waals surface area (Å²) in [5.41, 5.74) is 0. The second-order valence-electron chi connectivity index (χ2n) is 3.56. The Morgan fingerprint density at radius 3 is 1.44 bits per heavy atom. The van der Waals surface area contributed by atoms with Gasteiger partial charge in [-0.05, 0) is 31.2 Å². The van der Waals surface area contributed by atoms with Gasteiger partial charge >= 0.3 is 0 Å². The summed E-state index contributed by atoms with van der Waals surface area (Å²) in [5, 5.41) is 3.02. The maximum absolute atomic E-state index is 2.29. The molecule has 0 saturated heterocycles. The van der Waals surface area contributed by atoms with Crippen molar-refractivity contribution in [2.45, 2.75) is 6.92 Å². The van der Waals surface area contributed by atoms with Crippen molar-refractivity contribution in [2.24, 2.45) is 0 Å². The summed E-state index contributed by atoms with van der Waals surface area (Å²) < 4.78 is 0. The summed E-state index contributed by atoms with van der Waals surface area (Å²) in [6.45, 7) is 2.29. The predicted molar refractivity (Wildman–Crippen MR) is 71.0 cm³/mol. The molecule has 84 valence electrons. The molecule has 0 aliphatic heterocycles. The second kappa shape index (κ2) is 6.83. The molecule has 0 bridgehead atoms.